The molecular formula is C16H22ClNO2. The van der Waals surface area contributed by atoms with Crippen molar-refractivity contribution in [1.29, 1.82) is 0 Å². The van der Waals surface area contributed by atoms with Crippen molar-refractivity contribution >= 4 is 17.5 Å². The van der Waals surface area contributed by atoms with Gasteiger partial charge in [-0.25, -0.2) is 0 Å². The Morgan fingerprint density at radius 2 is 1.85 bits per heavy atom. The van der Waals surface area contributed by atoms with Gasteiger partial charge in [0, 0.05) is 11.1 Å². The van der Waals surface area contributed by atoms with Crippen molar-refractivity contribution in [2.24, 2.45) is 0 Å². The van der Waals surface area contributed by atoms with Crippen molar-refractivity contribution in [2.75, 3.05) is 0 Å². The monoisotopic (exact) mass is 295 g/mol. The summed E-state index contributed by atoms with van der Waals surface area (Å²) in [5, 5.41) is 3.80. The van der Waals surface area contributed by atoms with Gasteiger partial charge in [0.05, 0.1) is 0 Å². The van der Waals surface area contributed by atoms with Gasteiger partial charge in [-0.05, 0) is 56.9 Å². The summed E-state index contributed by atoms with van der Waals surface area (Å²) >= 11 is 6.13. The predicted molar refractivity (Wildman–Crippen MR) is 81.4 cm³/mol. The number of carbonyl (C=O) groups is 1. The molecule has 1 atom stereocenters. The Morgan fingerprint density at radius 3 is 2.40 bits per heavy atom. The van der Waals surface area contributed by atoms with E-state index >= 15 is 0 Å². The summed E-state index contributed by atoms with van der Waals surface area (Å²) in [6.07, 6.45) is 4.08. The highest BCUT2D eigenvalue weighted by Crippen LogP contribution is 2.26. The van der Waals surface area contributed by atoms with E-state index in [0.717, 1.165) is 29.0 Å². The number of benzene rings is 1. The first-order chi connectivity index (χ1) is 9.47. The summed E-state index contributed by atoms with van der Waals surface area (Å²) in [6, 6.07) is 4.06. The van der Waals surface area contributed by atoms with E-state index < -0.39 is 6.10 Å². The van der Waals surface area contributed by atoms with Gasteiger partial charge < -0.3 is 10.1 Å². The lowest BCUT2D eigenvalue weighted by Crippen LogP contribution is -2.41. The van der Waals surface area contributed by atoms with Crippen molar-refractivity contribution in [2.45, 2.75) is 58.6 Å². The van der Waals surface area contributed by atoms with Gasteiger partial charge in [0.2, 0.25) is 0 Å². The molecule has 4 heteroatoms. The van der Waals surface area contributed by atoms with Crippen molar-refractivity contribution in [3.63, 3.8) is 0 Å². The van der Waals surface area contributed by atoms with E-state index in [1.54, 1.807) is 6.92 Å². The molecule has 1 amide bonds. The summed E-state index contributed by atoms with van der Waals surface area (Å²) in [6.45, 7) is 5.65. The van der Waals surface area contributed by atoms with Crippen LogP contribution in [0.5, 0.6) is 5.75 Å². The Morgan fingerprint density at radius 1 is 1.30 bits per heavy atom. The molecule has 0 bridgehead atoms. The van der Waals surface area contributed by atoms with E-state index in [0.29, 0.717) is 11.8 Å². The molecule has 110 valence electrons. The molecule has 1 saturated carbocycles. The molecule has 0 aromatic heterocycles. The SMILES string of the molecule is Cc1cc(O[C@H](C)C(=O)NC2CCCC2)cc(C)c1Cl. The number of aryl methyl sites for hydroxylation is 2. The molecule has 0 radical (unpaired) electrons. The molecule has 1 fully saturated rings. The van der Waals surface area contributed by atoms with Gasteiger partial charge in [-0.3, -0.25) is 4.79 Å². The third-order valence-corrected chi connectivity index (χ3v) is 4.39. The first kappa shape index (κ1) is 15.2. The lowest BCUT2D eigenvalue weighted by Gasteiger charge is -2.18. The van der Waals surface area contributed by atoms with Crippen molar-refractivity contribution in [1.82, 2.24) is 5.32 Å². The van der Waals surface area contributed by atoms with Crippen LogP contribution in [0.1, 0.15) is 43.7 Å². The lowest BCUT2D eigenvalue weighted by atomic mass is 10.1. The fraction of sp³-hybridized carbons (Fsp3) is 0.562. The molecule has 3 nitrogen and oxygen atoms in total. The average molecular weight is 296 g/mol. The van der Waals surface area contributed by atoms with Crippen molar-refractivity contribution in [3.05, 3.63) is 28.3 Å². The van der Waals surface area contributed by atoms with Gasteiger partial charge in [-0.15, -0.1) is 0 Å². The molecule has 1 aliphatic rings. The second-order valence-corrected chi connectivity index (χ2v) is 6.00. The van der Waals surface area contributed by atoms with Crippen LogP contribution in [0.15, 0.2) is 12.1 Å². The van der Waals surface area contributed by atoms with Crippen LogP contribution in [0.3, 0.4) is 0 Å². The maximum absolute atomic E-state index is 12.1. The van der Waals surface area contributed by atoms with Gasteiger partial charge in [-0.1, -0.05) is 24.4 Å². The van der Waals surface area contributed by atoms with E-state index in [4.69, 9.17) is 16.3 Å². The van der Waals surface area contributed by atoms with Gasteiger partial charge in [-0.2, -0.15) is 0 Å². The topological polar surface area (TPSA) is 38.3 Å². The first-order valence-electron chi connectivity index (χ1n) is 7.21. The largest absolute Gasteiger partial charge is 0.481 e. The third kappa shape index (κ3) is 3.66. The third-order valence-electron chi connectivity index (χ3n) is 3.79. The fourth-order valence-electron chi connectivity index (χ4n) is 2.62. The molecule has 1 aliphatic carbocycles. The maximum atomic E-state index is 12.1. The number of ether oxygens (including phenoxy) is 1. The minimum absolute atomic E-state index is 0.0397. The highest BCUT2D eigenvalue weighted by molar-refractivity contribution is 6.32. The van der Waals surface area contributed by atoms with Crippen LogP contribution in [0.25, 0.3) is 0 Å². The number of nitrogens with one attached hydrogen (secondary N) is 1. The van der Waals surface area contributed by atoms with Gasteiger partial charge in [0.25, 0.3) is 5.91 Å². The maximum Gasteiger partial charge on any atom is 0.260 e. The van der Waals surface area contributed by atoms with Gasteiger partial charge in [0.1, 0.15) is 5.75 Å². The number of halogens is 1. The van der Waals surface area contributed by atoms with E-state index in [1.165, 1.54) is 12.8 Å². The number of rotatable bonds is 4. The second kappa shape index (κ2) is 6.49. The summed E-state index contributed by atoms with van der Waals surface area (Å²) < 4.78 is 5.73. The van der Waals surface area contributed by atoms with Crippen molar-refractivity contribution in [3.8, 4) is 5.75 Å². The molecular weight excluding hydrogens is 274 g/mol. The van der Waals surface area contributed by atoms with Crippen LogP contribution < -0.4 is 10.1 Å². The number of carbonyl (C=O) groups excluding carboxylic acids is 1. The van der Waals surface area contributed by atoms with E-state index in [9.17, 15) is 4.79 Å². The highest BCUT2D eigenvalue weighted by atomic mass is 35.5. The van der Waals surface area contributed by atoms with E-state index in [2.05, 4.69) is 5.32 Å². The fourth-order valence-corrected chi connectivity index (χ4v) is 2.73. The normalized spacial score (nSPS) is 17.0. The van der Waals surface area contributed by atoms with Crippen LogP contribution in [0.4, 0.5) is 0 Å². The van der Waals surface area contributed by atoms with Crippen molar-refractivity contribution < 1.29 is 9.53 Å². The molecule has 0 spiro atoms. The molecule has 0 aliphatic heterocycles. The minimum Gasteiger partial charge on any atom is -0.481 e. The predicted octanol–water partition coefficient (Wildman–Crippen LogP) is 3.78. The smallest absolute Gasteiger partial charge is 0.260 e. The quantitative estimate of drug-likeness (QED) is 0.918. The highest BCUT2D eigenvalue weighted by Gasteiger charge is 2.21. The van der Waals surface area contributed by atoms with Crippen LogP contribution in [0, 0.1) is 13.8 Å². The molecule has 0 unspecified atom stereocenters. The Kier molecular flexibility index (Phi) is 4.92. The number of hydrogen-bond acceptors (Lipinski definition) is 2. The Hall–Kier alpha value is -1.22. The molecule has 1 N–H and O–H groups in total. The molecule has 1 aromatic carbocycles. The first-order valence-corrected chi connectivity index (χ1v) is 7.59. The molecule has 0 heterocycles. The second-order valence-electron chi connectivity index (χ2n) is 5.62. The Labute approximate surface area is 125 Å². The Balaban J connectivity index is 1.96. The standard InChI is InChI=1S/C16H22ClNO2/c1-10-8-14(9-11(2)15(10)17)20-12(3)16(19)18-13-6-4-5-7-13/h8-9,12-13H,4-7H2,1-3H3,(H,18,19)/t12-/m1/s1. The van der Waals surface area contributed by atoms with Gasteiger partial charge in [0.15, 0.2) is 6.10 Å². The number of hydrogen-bond donors (Lipinski definition) is 1. The summed E-state index contributed by atoms with van der Waals surface area (Å²) in [4.78, 5) is 12.1. The summed E-state index contributed by atoms with van der Waals surface area (Å²) in [5.41, 5.74) is 1.93. The van der Waals surface area contributed by atoms with Crippen LogP contribution in [-0.2, 0) is 4.79 Å². The average Bonchev–Trinajstić information content (AvgIpc) is 2.88. The summed E-state index contributed by atoms with van der Waals surface area (Å²) in [5.74, 6) is 0.653. The van der Waals surface area contributed by atoms with Crippen LogP contribution in [-0.4, -0.2) is 18.1 Å². The summed E-state index contributed by atoms with van der Waals surface area (Å²) in [7, 11) is 0. The lowest BCUT2D eigenvalue weighted by molar-refractivity contribution is -0.127. The van der Waals surface area contributed by atoms with Gasteiger partial charge >= 0.3 is 0 Å². The molecule has 20 heavy (non-hydrogen) atoms. The zero-order valence-corrected chi connectivity index (χ0v) is 13.1. The molecule has 2 rings (SSSR count). The zero-order chi connectivity index (χ0) is 14.7. The minimum atomic E-state index is -0.490. The van der Waals surface area contributed by atoms with E-state index in [-0.39, 0.29) is 5.91 Å². The number of amides is 1. The Bertz CT molecular complexity index is 472. The zero-order valence-electron chi connectivity index (χ0n) is 12.3. The van der Waals surface area contributed by atoms with Crippen LogP contribution in [0.2, 0.25) is 5.02 Å². The molecule has 0 saturated heterocycles. The van der Waals surface area contributed by atoms with E-state index in [1.807, 2.05) is 26.0 Å². The molecule has 1 aromatic rings. The van der Waals surface area contributed by atoms with Crippen LogP contribution >= 0.6 is 11.6 Å².